The van der Waals surface area contributed by atoms with Gasteiger partial charge in [0.2, 0.25) is 0 Å². The summed E-state index contributed by atoms with van der Waals surface area (Å²) in [5.41, 5.74) is 0. The van der Waals surface area contributed by atoms with Gasteiger partial charge in [-0.05, 0) is 0 Å². The Hall–Kier alpha value is -0.0600. The Labute approximate surface area is 96.8 Å². The molecule has 13 heavy (non-hydrogen) atoms. The number of hydrogen-bond donors (Lipinski definition) is 2. The second-order valence-corrected chi connectivity index (χ2v) is 5.01. The van der Waals surface area contributed by atoms with Crippen molar-refractivity contribution in [1.82, 2.24) is 0 Å². The van der Waals surface area contributed by atoms with Crippen LogP contribution in [-0.4, -0.2) is 50.1 Å². The molecular weight excluding hydrogens is 183 g/mol. The van der Waals surface area contributed by atoms with Crippen LogP contribution >= 0.6 is 0 Å². The van der Waals surface area contributed by atoms with E-state index in [9.17, 15) is 9.59 Å². The van der Waals surface area contributed by atoms with Gasteiger partial charge >= 0.3 is 56.9 Å². The monoisotopic (exact) mass is 200 g/mol. The summed E-state index contributed by atoms with van der Waals surface area (Å²) >= 11 is 1.35. The van der Waals surface area contributed by atoms with Gasteiger partial charge in [0, 0.05) is 0 Å². The molecule has 0 aliphatic rings. The van der Waals surface area contributed by atoms with Crippen molar-refractivity contribution in [3.63, 3.8) is 0 Å². The van der Waals surface area contributed by atoms with Crippen LogP contribution in [0.2, 0.25) is 3.17 Å². The number of carboxylic acids is 2. The van der Waals surface area contributed by atoms with E-state index in [4.69, 9.17) is 10.2 Å². The Kier molecular flexibility index (Phi) is 20.8. The first kappa shape index (κ1) is 18.7. The normalized spacial score (nSPS) is 7.62. The second kappa shape index (κ2) is 14.5. The molecule has 4 nitrogen and oxygen atoms in total. The zero-order valence-electron chi connectivity index (χ0n) is 9.00. The maximum Gasteiger partial charge on any atom is 0.314 e. The first-order valence-corrected chi connectivity index (χ1v) is 5.45. The van der Waals surface area contributed by atoms with E-state index in [0.717, 1.165) is 3.17 Å². The molecule has 0 aliphatic heterocycles. The van der Waals surface area contributed by atoms with E-state index in [1.165, 1.54) is 27.9 Å². The molecule has 2 N–H and O–H groups in total. The van der Waals surface area contributed by atoms with Gasteiger partial charge in [-0.25, -0.2) is 0 Å². The van der Waals surface area contributed by atoms with E-state index in [-0.39, 0.29) is 0 Å². The third-order valence-corrected chi connectivity index (χ3v) is 0.302. The van der Waals surface area contributed by atoms with Crippen LogP contribution in [-0.2, 0) is 9.59 Å². The molecule has 0 atom stereocenters. The SMILES string of the molecule is CC.C[CH](C)[Na].O=C(O)CC(=O)O. The summed E-state index contributed by atoms with van der Waals surface area (Å²) in [5, 5.41) is 15.4. The molecule has 0 aromatic heterocycles. The number of hydrogen-bond acceptors (Lipinski definition) is 2. The van der Waals surface area contributed by atoms with Gasteiger partial charge in [-0.15, -0.1) is 0 Å². The van der Waals surface area contributed by atoms with Crippen molar-refractivity contribution in [2.24, 2.45) is 0 Å². The molecule has 0 unspecified atom stereocenters. The van der Waals surface area contributed by atoms with Crippen LogP contribution in [0.5, 0.6) is 0 Å². The van der Waals surface area contributed by atoms with Gasteiger partial charge in [0.05, 0.1) is 0 Å². The fourth-order valence-electron chi connectivity index (χ4n) is 0.129. The van der Waals surface area contributed by atoms with Crippen molar-refractivity contribution in [2.45, 2.75) is 37.3 Å². The van der Waals surface area contributed by atoms with Crippen LogP contribution < -0.4 is 0 Å². The van der Waals surface area contributed by atoms with Crippen LogP contribution in [0, 0.1) is 0 Å². The Morgan fingerprint density at radius 3 is 1.31 bits per heavy atom. The summed E-state index contributed by atoms with van der Waals surface area (Å²) in [4.78, 5) is 18.9. The van der Waals surface area contributed by atoms with E-state index in [1.807, 2.05) is 13.8 Å². The van der Waals surface area contributed by atoms with Crippen LogP contribution in [0.25, 0.3) is 0 Å². The molecule has 0 aromatic carbocycles. The Morgan fingerprint density at radius 2 is 1.31 bits per heavy atom. The summed E-state index contributed by atoms with van der Waals surface area (Å²) in [5.74, 6) is -2.62. The molecule has 0 aliphatic carbocycles. The topological polar surface area (TPSA) is 74.6 Å². The largest absolute Gasteiger partial charge is 0.481 e. The summed E-state index contributed by atoms with van der Waals surface area (Å²) in [7, 11) is 0. The minimum atomic E-state index is -1.31. The van der Waals surface area contributed by atoms with Gasteiger partial charge in [0.1, 0.15) is 6.42 Å². The Bertz CT molecular complexity index is 119. The number of rotatable bonds is 2. The van der Waals surface area contributed by atoms with Crippen molar-refractivity contribution in [1.29, 1.82) is 0 Å². The molecule has 0 fully saturated rings. The van der Waals surface area contributed by atoms with Crippen LogP contribution in [0.3, 0.4) is 0 Å². The fraction of sp³-hybridized carbons (Fsp3) is 0.750. The van der Waals surface area contributed by atoms with Gasteiger partial charge in [0.25, 0.3) is 0 Å². The predicted octanol–water partition coefficient (Wildman–Crippen LogP) is 1.56. The van der Waals surface area contributed by atoms with E-state index in [0.29, 0.717) is 0 Å². The van der Waals surface area contributed by atoms with Crippen molar-refractivity contribution in [3.05, 3.63) is 0 Å². The van der Waals surface area contributed by atoms with Crippen LogP contribution in [0.1, 0.15) is 34.1 Å². The minimum absolute atomic E-state index is 0.806. The quantitative estimate of drug-likeness (QED) is 0.524. The maximum absolute atomic E-state index is 9.43. The summed E-state index contributed by atoms with van der Waals surface area (Å²) in [6.45, 7) is 8.46. The standard InChI is InChI=1S/C3H4O4.C3H7.C2H6.Na/c4-2(5)1-3(6)7;1-3-2;1-2;/h1H2,(H,4,5)(H,6,7);3H,1-2H3;1-2H3;. The summed E-state index contributed by atoms with van der Waals surface area (Å²) in [6.07, 6.45) is -0.806. The Balaban J connectivity index is -0.000000142. The van der Waals surface area contributed by atoms with Gasteiger partial charge < -0.3 is 10.2 Å². The molecular formula is C8H17NaO4. The molecule has 74 valence electrons. The van der Waals surface area contributed by atoms with Crippen LogP contribution in [0.15, 0.2) is 0 Å². The molecule has 0 rings (SSSR count). The minimum Gasteiger partial charge on any atom is -0.481 e. The van der Waals surface area contributed by atoms with E-state index in [1.54, 1.807) is 0 Å². The zero-order valence-corrected chi connectivity index (χ0v) is 11.0. The van der Waals surface area contributed by atoms with Crippen molar-refractivity contribution in [2.75, 3.05) is 0 Å². The van der Waals surface area contributed by atoms with Crippen molar-refractivity contribution < 1.29 is 19.8 Å². The van der Waals surface area contributed by atoms with Gasteiger partial charge in [-0.1, -0.05) is 13.8 Å². The Morgan fingerprint density at radius 1 is 1.15 bits per heavy atom. The molecule has 0 saturated heterocycles. The van der Waals surface area contributed by atoms with E-state index < -0.39 is 18.4 Å². The fourth-order valence-corrected chi connectivity index (χ4v) is 0.129. The smallest absolute Gasteiger partial charge is 0.314 e. The molecule has 0 heterocycles. The molecule has 5 heteroatoms. The van der Waals surface area contributed by atoms with Gasteiger partial charge in [-0.3, -0.25) is 9.59 Å². The maximum atomic E-state index is 9.43. The van der Waals surface area contributed by atoms with Gasteiger partial charge in [-0.2, -0.15) is 0 Å². The molecule has 0 aromatic rings. The zero-order chi connectivity index (χ0) is 11.4. The third kappa shape index (κ3) is 76.0. The predicted molar refractivity (Wildman–Crippen MR) is 52.1 cm³/mol. The molecule has 0 bridgehead atoms. The average Bonchev–Trinajstić information content (AvgIpc) is 1.87. The third-order valence-electron chi connectivity index (χ3n) is 0.302. The van der Waals surface area contributed by atoms with Crippen LogP contribution in [0.4, 0.5) is 0 Å². The first-order chi connectivity index (χ1) is 5.86. The van der Waals surface area contributed by atoms with E-state index in [2.05, 4.69) is 13.8 Å². The first-order valence-electron chi connectivity index (χ1n) is 4.29. The molecule has 0 spiro atoms. The van der Waals surface area contributed by atoms with Crippen molar-refractivity contribution >= 4 is 39.9 Å². The second-order valence-electron chi connectivity index (χ2n) is 2.70. The molecule has 0 radical (unpaired) electrons. The molecule has 0 amide bonds. The van der Waals surface area contributed by atoms with Crippen molar-refractivity contribution in [3.8, 4) is 0 Å². The summed E-state index contributed by atoms with van der Waals surface area (Å²) in [6, 6.07) is 0. The number of carboxylic acid groups (broad SMARTS) is 2. The number of aliphatic carboxylic acids is 2. The summed E-state index contributed by atoms with van der Waals surface area (Å²) < 4.78 is 0.972. The molecule has 0 saturated carbocycles. The number of carbonyl (C=O) groups is 2. The van der Waals surface area contributed by atoms with Gasteiger partial charge in [0.15, 0.2) is 0 Å². The average molecular weight is 200 g/mol. The van der Waals surface area contributed by atoms with E-state index >= 15 is 0 Å².